The lowest BCUT2D eigenvalue weighted by molar-refractivity contribution is 0.0935. The van der Waals surface area contributed by atoms with Crippen LogP contribution in [0.2, 0.25) is 5.02 Å². The van der Waals surface area contributed by atoms with Crippen LogP contribution >= 0.6 is 22.9 Å². The molecule has 104 valence electrons. The molecular formula is C14H12ClFN2OS. The van der Waals surface area contributed by atoms with Gasteiger partial charge in [0.2, 0.25) is 0 Å². The normalized spacial score (nSPS) is 17.4. The van der Waals surface area contributed by atoms with E-state index in [4.69, 9.17) is 11.6 Å². The first-order valence-electron chi connectivity index (χ1n) is 6.10. The Morgan fingerprint density at radius 3 is 2.75 bits per heavy atom. The van der Waals surface area contributed by atoms with Gasteiger partial charge in [-0.3, -0.25) is 4.79 Å². The van der Waals surface area contributed by atoms with Gasteiger partial charge in [0.15, 0.2) is 0 Å². The van der Waals surface area contributed by atoms with Gasteiger partial charge in [-0.05, 0) is 31.5 Å². The maximum atomic E-state index is 14.0. The fourth-order valence-electron chi connectivity index (χ4n) is 2.30. The van der Waals surface area contributed by atoms with Gasteiger partial charge in [-0.15, -0.1) is 11.3 Å². The van der Waals surface area contributed by atoms with E-state index in [2.05, 4.69) is 10.6 Å². The number of anilines is 1. The molecule has 1 aromatic carbocycles. The monoisotopic (exact) mass is 310 g/mol. The molecule has 0 aliphatic carbocycles. The lowest BCUT2D eigenvalue weighted by Gasteiger charge is -2.27. The molecule has 0 fully saturated rings. The van der Waals surface area contributed by atoms with Crippen LogP contribution in [0.25, 0.3) is 0 Å². The number of fused-ring (bicyclic) bond motifs is 1. The van der Waals surface area contributed by atoms with Crippen LogP contribution in [0.3, 0.4) is 0 Å². The second kappa shape index (κ2) is 4.75. The average molecular weight is 311 g/mol. The first-order chi connectivity index (χ1) is 9.49. The van der Waals surface area contributed by atoms with Gasteiger partial charge >= 0.3 is 0 Å². The smallest absolute Gasteiger partial charge is 0.256 e. The third kappa shape index (κ3) is 1.98. The summed E-state index contributed by atoms with van der Waals surface area (Å²) in [6.07, 6.45) is -0.652. The molecule has 0 saturated carbocycles. The zero-order valence-corrected chi connectivity index (χ0v) is 12.5. The number of rotatable bonds is 1. The van der Waals surface area contributed by atoms with Crippen molar-refractivity contribution in [1.29, 1.82) is 0 Å². The largest absolute Gasteiger partial charge is 0.352 e. The van der Waals surface area contributed by atoms with Crippen LogP contribution in [-0.4, -0.2) is 5.91 Å². The molecule has 1 aromatic heterocycles. The van der Waals surface area contributed by atoms with Gasteiger partial charge in [0.05, 0.1) is 10.6 Å². The highest BCUT2D eigenvalue weighted by Gasteiger charge is 2.31. The zero-order chi connectivity index (χ0) is 14.4. The molecule has 1 aliphatic heterocycles. The molecule has 0 radical (unpaired) electrons. The molecule has 1 unspecified atom stereocenters. The van der Waals surface area contributed by atoms with E-state index in [0.29, 0.717) is 5.56 Å². The third-order valence-corrected chi connectivity index (χ3v) is 4.92. The highest BCUT2D eigenvalue weighted by molar-refractivity contribution is 7.16. The highest BCUT2D eigenvalue weighted by Crippen LogP contribution is 2.38. The Kier molecular flexibility index (Phi) is 3.18. The molecule has 2 aromatic rings. The number of halogens is 2. The number of thiophene rings is 1. The molecule has 0 bridgehead atoms. The predicted octanol–water partition coefficient (Wildman–Crippen LogP) is 4.01. The van der Waals surface area contributed by atoms with Crippen molar-refractivity contribution in [3.05, 3.63) is 50.6 Å². The number of hydrogen-bond acceptors (Lipinski definition) is 3. The maximum Gasteiger partial charge on any atom is 0.256 e. The molecule has 1 aliphatic rings. The van der Waals surface area contributed by atoms with Crippen LogP contribution in [0.15, 0.2) is 18.2 Å². The topological polar surface area (TPSA) is 41.1 Å². The molecule has 6 heteroatoms. The second-order valence-electron chi connectivity index (χ2n) is 4.67. The van der Waals surface area contributed by atoms with E-state index in [0.717, 1.165) is 15.4 Å². The lowest BCUT2D eigenvalue weighted by atomic mass is 10.1. The minimum Gasteiger partial charge on any atom is -0.352 e. The molecule has 0 spiro atoms. The molecule has 0 saturated heterocycles. The summed E-state index contributed by atoms with van der Waals surface area (Å²) in [5.74, 6) is -0.645. The number of amides is 1. The van der Waals surface area contributed by atoms with Gasteiger partial charge in [0.1, 0.15) is 17.0 Å². The summed E-state index contributed by atoms with van der Waals surface area (Å²) in [5.41, 5.74) is 1.85. The molecule has 3 nitrogen and oxygen atoms in total. The zero-order valence-electron chi connectivity index (χ0n) is 10.9. The van der Waals surface area contributed by atoms with E-state index >= 15 is 0 Å². The lowest BCUT2D eigenvalue weighted by Crippen LogP contribution is -2.38. The van der Waals surface area contributed by atoms with Crippen molar-refractivity contribution in [2.24, 2.45) is 0 Å². The number of carbonyl (C=O) groups is 1. The average Bonchev–Trinajstić information content (AvgIpc) is 2.65. The van der Waals surface area contributed by atoms with Crippen molar-refractivity contribution < 1.29 is 9.18 Å². The van der Waals surface area contributed by atoms with Crippen LogP contribution in [-0.2, 0) is 0 Å². The summed E-state index contributed by atoms with van der Waals surface area (Å²) in [6, 6.07) is 4.47. The van der Waals surface area contributed by atoms with Crippen molar-refractivity contribution in [3.63, 3.8) is 0 Å². The van der Waals surface area contributed by atoms with Gasteiger partial charge in [-0.25, -0.2) is 4.39 Å². The number of benzene rings is 1. The van der Waals surface area contributed by atoms with E-state index in [1.54, 1.807) is 6.07 Å². The van der Waals surface area contributed by atoms with Gasteiger partial charge < -0.3 is 10.6 Å². The summed E-state index contributed by atoms with van der Waals surface area (Å²) in [5, 5.41) is 6.95. The number of nitrogens with one attached hydrogen (secondary N) is 2. The minimum absolute atomic E-state index is 0.204. The molecule has 3 rings (SSSR count). The van der Waals surface area contributed by atoms with Crippen molar-refractivity contribution >= 4 is 33.8 Å². The van der Waals surface area contributed by atoms with E-state index in [-0.39, 0.29) is 16.5 Å². The minimum atomic E-state index is -0.652. The summed E-state index contributed by atoms with van der Waals surface area (Å²) in [6.45, 7) is 3.86. The maximum absolute atomic E-state index is 14.0. The standard InChI is InChI=1S/C14H12ClFN2OS/c1-6-7(2)20-14-10(6)13(19)17-12(18-14)11-8(15)4-3-5-9(11)16/h3-5,12,18H,1-2H3,(H,17,19). The SMILES string of the molecule is Cc1sc2c(c1C)C(=O)NC(c1c(F)cccc1Cl)N2. The fourth-order valence-corrected chi connectivity index (χ4v) is 3.66. The first kappa shape index (κ1) is 13.4. The van der Waals surface area contributed by atoms with E-state index in [1.807, 2.05) is 13.8 Å². The van der Waals surface area contributed by atoms with E-state index < -0.39 is 12.0 Å². The Balaban J connectivity index is 2.06. The van der Waals surface area contributed by atoms with E-state index in [1.165, 1.54) is 23.5 Å². The van der Waals surface area contributed by atoms with E-state index in [9.17, 15) is 9.18 Å². The summed E-state index contributed by atoms with van der Waals surface area (Å²) < 4.78 is 14.0. The molecule has 20 heavy (non-hydrogen) atoms. The van der Waals surface area contributed by atoms with Crippen LogP contribution in [0.5, 0.6) is 0 Å². The Bertz CT molecular complexity index is 693. The van der Waals surface area contributed by atoms with Gasteiger partial charge in [-0.1, -0.05) is 17.7 Å². The quantitative estimate of drug-likeness (QED) is 0.835. The van der Waals surface area contributed by atoms with Crippen molar-refractivity contribution in [3.8, 4) is 0 Å². The third-order valence-electron chi connectivity index (χ3n) is 3.45. The van der Waals surface area contributed by atoms with Crippen LogP contribution in [0, 0.1) is 19.7 Å². The fraction of sp³-hybridized carbons (Fsp3) is 0.214. The van der Waals surface area contributed by atoms with Gasteiger partial charge in [0.25, 0.3) is 5.91 Å². The number of hydrogen-bond donors (Lipinski definition) is 2. The summed E-state index contributed by atoms with van der Waals surface area (Å²) >= 11 is 7.54. The Hall–Kier alpha value is -1.59. The number of aryl methyl sites for hydroxylation is 1. The Morgan fingerprint density at radius 1 is 1.30 bits per heavy atom. The molecule has 1 amide bonds. The van der Waals surface area contributed by atoms with Crippen LogP contribution < -0.4 is 10.6 Å². The first-order valence-corrected chi connectivity index (χ1v) is 7.29. The van der Waals surface area contributed by atoms with Gasteiger partial charge in [0, 0.05) is 10.4 Å². The molecule has 2 heterocycles. The summed E-state index contributed by atoms with van der Waals surface area (Å²) in [4.78, 5) is 13.3. The van der Waals surface area contributed by atoms with Crippen molar-refractivity contribution in [2.45, 2.75) is 20.0 Å². The second-order valence-corrected chi connectivity index (χ2v) is 6.31. The molecular weight excluding hydrogens is 299 g/mol. The van der Waals surface area contributed by atoms with Crippen LogP contribution in [0.4, 0.5) is 9.39 Å². The Morgan fingerprint density at radius 2 is 2.05 bits per heavy atom. The predicted molar refractivity (Wildman–Crippen MR) is 79.0 cm³/mol. The van der Waals surface area contributed by atoms with Crippen molar-refractivity contribution in [2.75, 3.05) is 5.32 Å². The molecule has 1 atom stereocenters. The van der Waals surface area contributed by atoms with Crippen molar-refractivity contribution in [1.82, 2.24) is 5.32 Å². The van der Waals surface area contributed by atoms with Crippen LogP contribution in [0.1, 0.15) is 32.5 Å². The summed E-state index contributed by atoms with van der Waals surface area (Å²) in [7, 11) is 0. The van der Waals surface area contributed by atoms with Gasteiger partial charge in [-0.2, -0.15) is 0 Å². The molecule has 2 N–H and O–H groups in total. The highest BCUT2D eigenvalue weighted by atomic mass is 35.5. The Labute approximate surface area is 124 Å². The number of carbonyl (C=O) groups excluding carboxylic acids is 1.